The van der Waals surface area contributed by atoms with Crippen molar-refractivity contribution in [1.29, 1.82) is 0 Å². The number of hydrogen-bond acceptors (Lipinski definition) is 6. The normalized spacial score (nSPS) is 17.1. The predicted molar refractivity (Wildman–Crippen MR) is 151 cm³/mol. The van der Waals surface area contributed by atoms with Crippen molar-refractivity contribution < 1.29 is 14.3 Å². The molecule has 2 saturated heterocycles. The fourth-order valence-corrected chi connectivity index (χ4v) is 4.98. The lowest BCUT2D eigenvalue weighted by Gasteiger charge is -2.26. The van der Waals surface area contributed by atoms with Crippen LogP contribution in [0, 0.1) is 6.92 Å². The lowest BCUT2D eigenvalue weighted by molar-refractivity contribution is 0.0303. The van der Waals surface area contributed by atoms with E-state index in [2.05, 4.69) is 10.3 Å². The minimum absolute atomic E-state index is 0.0395. The van der Waals surface area contributed by atoms with Gasteiger partial charge < -0.3 is 24.4 Å². The van der Waals surface area contributed by atoms with Gasteiger partial charge in [0.05, 0.1) is 31.0 Å². The summed E-state index contributed by atoms with van der Waals surface area (Å²) in [6.45, 7) is 8.87. The minimum Gasteiger partial charge on any atom is -0.378 e. The topological polar surface area (TPSA) is 100 Å². The van der Waals surface area contributed by atoms with Gasteiger partial charge in [-0.3, -0.25) is 14.5 Å². The molecule has 10 heteroatoms. The molecule has 2 fully saturated rings. The number of benzene rings is 2. The predicted octanol–water partition coefficient (Wildman–Crippen LogP) is 3.62. The van der Waals surface area contributed by atoms with E-state index in [4.69, 9.17) is 4.74 Å². The summed E-state index contributed by atoms with van der Waals surface area (Å²) in [5.74, 6) is 0.132. The quantitative estimate of drug-likeness (QED) is 0.541. The fourth-order valence-electron chi connectivity index (χ4n) is 4.98. The van der Waals surface area contributed by atoms with Crippen LogP contribution in [0.2, 0.25) is 0 Å². The van der Waals surface area contributed by atoms with Gasteiger partial charge in [0.25, 0.3) is 11.5 Å². The summed E-state index contributed by atoms with van der Waals surface area (Å²) in [7, 11) is 3.50. The Kier molecular flexibility index (Phi) is 6.90. The van der Waals surface area contributed by atoms with Gasteiger partial charge in [0, 0.05) is 55.9 Å². The van der Waals surface area contributed by atoms with E-state index >= 15 is 0 Å². The molecule has 3 aromatic rings. The number of carbonyl (C=O) groups is 2. The largest absolute Gasteiger partial charge is 0.378 e. The highest BCUT2D eigenvalue weighted by Crippen LogP contribution is 2.35. The van der Waals surface area contributed by atoms with Crippen LogP contribution in [0.1, 0.15) is 29.8 Å². The van der Waals surface area contributed by atoms with Crippen molar-refractivity contribution in [2.45, 2.75) is 26.3 Å². The lowest BCUT2D eigenvalue weighted by Crippen LogP contribution is -2.40. The van der Waals surface area contributed by atoms with Crippen molar-refractivity contribution in [3.05, 3.63) is 70.1 Å². The summed E-state index contributed by atoms with van der Waals surface area (Å²) in [6.07, 6.45) is 1.70. The molecule has 0 radical (unpaired) electrons. The number of hydrogen-bond donors (Lipinski definition) is 1. The van der Waals surface area contributed by atoms with Gasteiger partial charge in [-0.05, 0) is 56.7 Å². The van der Waals surface area contributed by atoms with Crippen LogP contribution in [-0.2, 0) is 11.8 Å². The molecule has 0 aliphatic carbocycles. The molecule has 2 aliphatic heterocycles. The third-order valence-corrected chi connectivity index (χ3v) is 7.61. The molecule has 2 aromatic carbocycles. The smallest absolute Gasteiger partial charge is 0.324 e. The SMILES string of the molecule is Cc1c(-c2cn(C)c(=O)c(Nc3ccc(C(=O)N4CCOCC4)cc3)n2)cccc1N1CC(C)(C)N(C)C1=O. The van der Waals surface area contributed by atoms with Crippen molar-refractivity contribution in [3.8, 4) is 11.3 Å². The average molecular weight is 531 g/mol. The Balaban J connectivity index is 1.42. The van der Waals surface area contributed by atoms with E-state index in [1.807, 2.05) is 46.0 Å². The van der Waals surface area contributed by atoms with Crippen LogP contribution in [0.5, 0.6) is 0 Å². The van der Waals surface area contributed by atoms with Crippen LogP contribution in [0.3, 0.4) is 0 Å². The average Bonchev–Trinajstić information content (AvgIpc) is 3.14. The first kappa shape index (κ1) is 26.4. The molecule has 0 unspecified atom stereocenters. The van der Waals surface area contributed by atoms with Crippen molar-refractivity contribution >= 4 is 29.1 Å². The molecule has 5 rings (SSSR count). The van der Waals surface area contributed by atoms with Crippen LogP contribution < -0.4 is 15.8 Å². The number of aromatic nitrogens is 2. The maximum atomic E-state index is 13.0. The summed E-state index contributed by atoms with van der Waals surface area (Å²) in [6, 6.07) is 12.8. The monoisotopic (exact) mass is 530 g/mol. The third-order valence-electron chi connectivity index (χ3n) is 7.61. The molecule has 1 aromatic heterocycles. The van der Waals surface area contributed by atoms with Gasteiger partial charge in [-0.15, -0.1) is 0 Å². The second-order valence-corrected chi connectivity index (χ2v) is 10.7. The van der Waals surface area contributed by atoms with E-state index in [1.165, 1.54) is 4.57 Å². The first-order valence-corrected chi connectivity index (χ1v) is 13.0. The van der Waals surface area contributed by atoms with Crippen LogP contribution in [0.25, 0.3) is 11.3 Å². The zero-order chi connectivity index (χ0) is 27.9. The lowest BCUT2D eigenvalue weighted by atomic mass is 10.0. The molecule has 0 bridgehead atoms. The Morgan fingerprint density at radius 1 is 1.03 bits per heavy atom. The van der Waals surface area contributed by atoms with E-state index in [0.29, 0.717) is 49.8 Å². The van der Waals surface area contributed by atoms with Gasteiger partial charge in [-0.25, -0.2) is 9.78 Å². The highest BCUT2D eigenvalue weighted by atomic mass is 16.5. The van der Waals surface area contributed by atoms with Crippen molar-refractivity contribution in [3.63, 3.8) is 0 Å². The van der Waals surface area contributed by atoms with Crippen molar-refractivity contribution in [2.75, 3.05) is 50.1 Å². The number of amides is 3. The summed E-state index contributed by atoms with van der Waals surface area (Å²) in [4.78, 5) is 48.7. The Morgan fingerprint density at radius 2 is 1.72 bits per heavy atom. The molecular weight excluding hydrogens is 496 g/mol. The Morgan fingerprint density at radius 3 is 2.36 bits per heavy atom. The molecule has 3 amide bonds. The number of likely N-dealkylation sites (N-methyl/N-ethyl adjacent to an activating group) is 1. The number of anilines is 3. The molecular formula is C29H34N6O4. The molecule has 1 N–H and O–H groups in total. The summed E-state index contributed by atoms with van der Waals surface area (Å²) >= 11 is 0. The van der Waals surface area contributed by atoms with Crippen LogP contribution in [-0.4, -0.2) is 76.7 Å². The molecule has 0 spiro atoms. The van der Waals surface area contributed by atoms with Gasteiger partial charge >= 0.3 is 6.03 Å². The first-order chi connectivity index (χ1) is 18.6. The number of ether oxygens (including phenoxy) is 1. The summed E-state index contributed by atoms with van der Waals surface area (Å²) in [5, 5.41) is 3.12. The number of carbonyl (C=O) groups excluding carboxylic acids is 2. The highest BCUT2D eigenvalue weighted by Gasteiger charge is 2.41. The third kappa shape index (κ3) is 4.99. The Bertz CT molecular complexity index is 1470. The number of urea groups is 1. The van der Waals surface area contributed by atoms with Gasteiger partial charge in [0.2, 0.25) is 0 Å². The Hall–Kier alpha value is -4.18. The molecule has 3 heterocycles. The molecule has 2 aliphatic rings. The summed E-state index contributed by atoms with van der Waals surface area (Å²) in [5.41, 5.74) is 3.83. The number of morpholine rings is 1. The molecule has 10 nitrogen and oxygen atoms in total. The number of rotatable bonds is 5. The second-order valence-electron chi connectivity index (χ2n) is 10.7. The van der Waals surface area contributed by atoms with Crippen LogP contribution in [0.4, 0.5) is 22.0 Å². The fraction of sp³-hybridized carbons (Fsp3) is 0.379. The van der Waals surface area contributed by atoms with Gasteiger partial charge in [0.1, 0.15) is 0 Å². The van der Waals surface area contributed by atoms with E-state index in [-0.39, 0.29) is 28.9 Å². The Labute approximate surface area is 227 Å². The standard InChI is InChI=1S/C29H34N6O4/c1-19-22(7-6-8-24(19)35-18-29(2,3)33(5)28(35)38)23-17-32(4)27(37)25(31-23)30-21-11-9-20(10-12-21)26(36)34-13-15-39-16-14-34/h6-12,17H,13-16,18H2,1-5H3,(H,30,31). The van der Waals surface area contributed by atoms with E-state index in [9.17, 15) is 14.4 Å². The zero-order valence-electron chi connectivity index (χ0n) is 23.0. The number of aryl methyl sites for hydroxylation is 1. The number of nitrogens with one attached hydrogen (secondary N) is 1. The minimum atomic E-state index is -0.284. The van der Waals surface area contributed by atoms with E-state index < -0.39 is 0 Å². The van der Waals surface area contributed by atoms with E-state index in [1.54, 1.807) is 52.2 Å². The second kappa shape index (κ2) is 10.2. The molecule has 204 valence electrons. The molecule has 39 heavy (non-hydrogen) atoms. The zero-order valence-corrected chi connectivity index (χ0v) is 23.0. The summed E-state index contributed by atoms with van der Waals surface area (Å²) < 4.78 is 6.82. The van der Waals surface area contributed by atoms with Gasteiger partial charge in [0.15, 0.2) is 5.82 Å². The maximum Gasteiger partial charge on any atom is 0.324 e. The number of nitrogens with zero attached hydrogens (tertiary/aromatic N) is 5. The first-order valence-electron chi connectivity index (χ1n) is 13.0. The van der Waals surface area contributed by atoms with Crippen LogP contribution in [0.15, 0.2) is 53.5 Å². The molecule has 0 atom stereocenters. The highest BCUT2D eigenvalue weighted by molar-refractivity contribution is 5.97. The van der Waals surface area contributed by atoms with Crippen molar-refractivity contribution in [2.24, 2.45) is 7.05 Å². The maximum absolute atomic E-state index is 13.0. The molecule has 0 saturated carbocycles. The van der Waals surface area contributed by atoms with E-state index in [0.717, 1.165) is 16.8 Å². The van der Waals surface area contributed by atoms with Crippen molar-refractivity contribution in [1.82, 2.24) is 19.4 Å². The van der Waals surface area contributed by atoms with Gasteiger partial charge in [-0.1, -0.05) is 12.1 Å². The van der Waals surface area contributed by atoms with Crippen LogP contribution >= 0.6 is 0 Å². The van der Waals surface area contributed by atoms with Gasteiger partial charge in [-0.2, -0.15) is 0 Å².